The molecule has 0 aliphatic carbocycles. The lowest BCUT2D eigenvalue weighted by atomic mass is 10.0. The van der Waals surface area contributed by atoms with Crippen LogP contribution in [0.2, 0.25) is 0 Å². The van der Waals surface area contributed by atoms with E-state index >= 15 is 0 Å². The van der Waals surface area contributed by atoms with Crippen LogP contribution in [0.15, 0.2) is 72.9 Å². The summed E-state index contributed by atoms with van der Waals surface area (Å²) in [5, 5.41) is 13.7. The lowest BCUT2D eigenvalue weighted by molar-refractivity contribution is -0.870. The number of phosphoric ester groups is 1. The van der Waals surface area contributed by atoms with Gasteiger partial charge in [-0.1, -0.05) is 234 Å². The van der Waals surface area contributed by atoms with Crippen LogP contribution in [-0.2, 0) is 18.4 Å². The third kappa shape index (κ3) is 49.7. The fourth-order valence-electron chi connectivity index (χ4n) is 7.47. The number of unbranched alkanes of at least 4 members (excludes halogenated alkanes) is 25. The number of carbonyl (C=O) groups is 1. The largest absolute Gasteiger partial charge is 0.756 e. The molecule has 0 aromatic rings. The van der Waals surface area contributed by atoms with Crippen molar-refractivity contribution in [3.8, 4) is 0 Å². The highest BCUT2D eigenvalue weighted by atomic mass is 31.2. The van der Waals surface area contributed by atoms with Gasteiger partial charge >= 0.3 is 0 Å². The number of likely N-dealkylation sites (N-methyl/N-ethyl adjacent to an activating group) is 1. The summed E-state index contributed by atoms with van der Waals surface area (Å²) in [6, 6.07) is -0.945. The first-order chi connectivity index (χ1) is 31.5. The lowest BCUT2D eigenvalue weighted by Gasteiger charge is -2.29. The maximum Gasteiger partial charge on any atom is 0.268 e. The predicted octanol–water partition coefficient (Wildman–Crippen LogP) is 15.3. The number of hydrogen-bond acceptors (Lipinski definition) is 6. The molecule has 0 rings (SSSR count). The van der Waals surface area contributed by atoms with Crippen LogP contribution < -0.4 is 10.2 Å². The quantitative estimate of drug-likeness (QED) is 0.0272. The number of nitrogens with one attached hydrogen (secondary N) is 1. The van der Waals surface area contributed by atoms with E-state index in [1.807, 2.05) is 39.4 Å². The first-order valence-electron chi connectivity index (χ1n) is 26.8. The molecule has 378 valence electrons. The Hall–Kier alpha value is -2.06. The van der Waals surface area contributed by atoms with Crippen molar-refractivity contribution in [3.05, 3.63) is 72.9 Å². The van der Waals surface area contributed by atoms with Crippen molar-refractivity contribution in [3.63, 3.8) is 0 Å². The third-order valence-electron chi connectivity index (χ3n) is 11.7. The molecule has 9 heteroatoms. The van der Waals surface area contributed by atoms with Crippen molar-refractivity contribution in [2.45, 2.75) is 238 Å². The van der Waals surface area contributed by atoms with Crippen LogP contribution in [0.4, 0.5) is 0 Å². The van der Waals surface area contributed by atoms with Gasteiger partial charge in [-0.05, 0) is 57.8 Å². The van der Waals surface area contributed by atoms with Crippen molar-refractivity contribution in [2.24, 2.45) is 0 Å². The van der Waals surface area contributed by atoms with Gasteiger partial charge in [-0.2, -0.15) is 0 Å². The van der Waals surface area contributed by atoms with E-state index < -0.39 is 26.6 Å². The molecule has 0 aliphatic rings. The van der Waals surface area contributed by atoms with Gasteiger partial charge in [0.1, 0.15) is 13.2 Å². The van der Waals surface area contributed by atoms with E-state index in [-0.39, 0.29) is 18.9 Å². The van der Waals surface area contributed by atoms with Gasteiger partial charge in [0.05, 0.1) is 39.9 Å². The summed E-state index contributed by atoms with van der Waals surface area (Å²) in [4.78, 5) is 25.3. The third-order valence-corrected chi connectivity index (χ3v) is 12.6. The van der Waals surface area contributed by atoms with Crippen molar-refractivity contribution in [1.82, 2.24) is 5.32 Å². The number of hydrogen-bond donors (Lipinski definition) is 2. The summed E-state index contributed by atoms with van der Waals surface area (Å²) in [5.41, 5.74) is 0. The van der Waals surface area contributed by atoms with Gasteiger partial charge < -0.3 is 28.8 Å². The topological polar surface area (TPSA) is 108 Å². The predicted molar refractivity (Wildman–Crippen MR) is 279 cm³/mol. The van der Waals surface area contributed by atoms with E-state index in [4.69, 9.17) is 9.05 Å². The van der Waals surface area contributed by atoms with E-state index in [0.717, 1.165) is 44.9 Å². The molecule has 3 unspecified atom stereocenters. The first kappa shape index (κ1) is 62.9. The van der Waals surface area contributed by atoms with Gasteiger partial charge in [0.25, 0.3) is 7.82 Å². The zero-order valence-corrected chi connectivity index (χ0v) is 43.8. The van der Waals surface area contributed by atoms with Crippen molar-refractivity contribution < 1.29 is 32.9 Å². The molecule has 2 N–H and O–H groups in total. The second kappa shape index (κ2) is 47.0. The summed E-state index contributed by atoms with van der Waals surface area (Å²) in [6.45, 7) is 4.45. The standard InChI is InChI=1S/C56H103N2O6P/c1-6-8-10-12-14-16-18-20-21-22-23-24-25-26-27-28-29-30-31-32-33-34-35-36-38-39-41-43-45-47-49-55(59)54(53-64-65(61,62)63-52-51-58(3,4)5)57-56(60)50-48-46-44-42-40-37-19-17-15-13-11-9-7-2/h9,11,15,17,37,39-41,44,46-47,49,54-55,59H,6-8,10,12-14,16,18-36,38,42-43,45,48,50-53H2,1-5H3,(H-,57,60,61,62)/b11-9-,17-15-,40-37-,41-39+,46-44-,49-47+. The van der Waals surface area contributed by atoms with Crippen LogP contribution in [-0.4, -0.2) is 68.5 Å². The zero-order valence-electron chi connectivity index (χ0n) is 42.9. The van der Waals surface area contributed by atoms with Crippen molar-refractivity contribution in [2.75, 3.05) is 40.9 Å². The second-order valence-corrected chi connectivity index (χ2v) is 20.6. The normalized spacial score (nSPS) is 14.6. The highest BCUT2D eigenvalue weighted by Gasteiger charge is 2.23. The molecule has 3 atom stereocenters. The number of carbonyl (C=O) groups excluding carboxylic acids is 1. The Kier molecular flexibility index (Phi) is 45.5. The average molecular weight is 931 g/mol. The van der Waals surface area contributed by atoms with Crippen molar-refractivity contribution in [1.29, 1.82) is 0 Å². The molecule has 0 aliphatic heterocycles. The van der Waals surface area contributed by atoms with Crippen molar-refractivity contribution >= 4 is 13.7 Å². The minimum absolute atomic E-state index is 0.0220. The Morgan fingerprint density at radius 1 is 0.554 bits per heavy atom. The van der Waals surface area contributed by atoms with Gasteiger partial charge in [-0.3, -0.25) is 9.36 Å². The number of phosphoric acid groups is 1. The summed E-state index contributed by atoms with van der Waals surface area (Å²) < 4.78 is 23.2. The fraction of sp³-hybridized carbons (Fsp3) is 0.768. The maximum absolute atomic E-state index is 12.8. The molecule has 0 spiro atoms. The van der Waals surface area contributed by atoms with E-state index in [1.165, 1.54) is 154 Å². The minimum Gasteiger partial charge on any atom is -0.756 e. The number of quaternary nitrogens is 1. The van der Waals surface area contributed by atoms with Gasteiger partial charge in [0.15, 0.2) is 0 Å². The number of aliphatic hydroxyl groups is 1. The molecule has 0 saturated carbocycles. The molecular formula is C56H103N2O6P. The molecule has 0 aromatic heterocycles. The summed E-state index contributed by atoms with van der Waals surface area (Å²) in [5.74, 6) is -0.288. The number of allylic oxidation sites excluding steroid dienone is 11. The molecule has 1 amide bonds. The minimum atomic E-state index is -4.62. The Morgan fingerprint density at radius 2 is 0.954 bits per heavy atom. The Morgan fingerprint density at radius 3 is 1.42 bits per heavy atom. The molecule has 0 aromatic carbocycles. The zero-order chi connectivity index (χ0) is 47.8. The van der Waals surface area contributed by atoms with E-state index in [2.05, 4.69) is 67.8 Å². The second-order valence-electron chi connectivity index (χ2n) is 19.2. The fourth-order valence-corrected chi connectivity index (χ4v) is 8.20. The Balaban J connectivity index is 4.22. The van der Waals surface area contributed by atoms with Crippen LogP contribution in [0.5, 0.6) is 0 Å². The Bertz CT molecular complexity index is 1290. The van der Waals surface area contributed by atoms with Crippen LogP contribution in [0.1, 0.15) is 226 Å². The molecule has 0 bridgehead atoms. The molecule has 0 fully saturated rings. The monoisotopic (exact) mass is 931 g/mol. The Labute approximate surface area is 402 Å². The summed E-state index contributed by atoms with van der Waals surface area (Å²) in [7, 11) is 1.19. The molecular weight excluding hydrogens is 828 g/mol. The van der Waals surface area contributed by atoms with Gasteiger partial charge in [0, 0.05) is 6.42 Å². The maximum atomic E-state index is 12.8. The molecule has 0 heterocycles. The lowest BCUT2D eigenvalue weighted by Crippen LogP contribution is -2.45. The highest BCUT2D eigenvalue weighted by Crippen LogP contribution is 2.38. The SMILES string of the molecule is CC/C=C\C/C=C\C/C=C\C/C=C\CCC(=O)NC(COP(=O)([O-])OCC[N+](C)(C)C)C(O)/C=C/CC/C=C/CCCCCCCCCCCCCCCCCCCCCCCCCC. The number of nitrogens with zero attached hydrogens (tertiary/aromatic N) is 1. The number of rotatable bonds is 48. The first-order valence-corrected chi connectivity index (χ1v) is 28.3. The van der Waals surface area contributed by atoms with Crippen LogP contribution in [0, 0.1) is 0 Å². The summed E-state index contributed by atoms with van der Waals surface area (Å²) >= 11 is 0. The van der Waals surface area contributed by atoms with Gasteiger partial charge in [-0.25, -0.2) is 0 Å². The van der Waals surface area contributed by atoms with Gasteiger partial charge in [0.2, 0.25) is 5.91 Å². The van der Waals surface area contributed by atoms with E-state index in [1.54, 1.807) is 6.08 Å². The smallest absolute Gasteiger partial charge is 0.268 e. The number of aliphatic hydroxyl groups excluding tert-OH is 1. The van der Waals surface area contributed by atoms with E-state index in [0.29, 0.717) is 17.4 Å². The van der Waals surface area contributed by atoms with Crippen LogP contribution in [0.3, 0.4) is 0 Å². The molecule has 65 heavy (non-hydrogen) atoms. The van der Waals surface area contributed by atoms with E-state index in [9.17, 15) is 19.4 Å². The van der Waals surface area contributed by atoms with Crippen LogP contribution >= 0.6 is 7.82 Å². The average Bonchev–Trinajstić information content (AvgIpc) is 3.26. The number of amides is 1. The van der Waals surface area contributed by atoms with Gasteiger partial charge in [-0.15, -0.1) is 0 Å². The molecule has 0 saturated heterocycles. The summed E-state index contributed by atoms with van der Waals surface area (Å²) in [6.07, 6.45) is 64.5. The highest BCUT2D eigenvalue weighted by molar-refractivity contribution is 7.45. The van der Waals surface area contributed by atoms with Crippen LogP contribution in [0.25, 0.3) is 0 Å². The molecule has 8 nitrogen and oxygen atoms in total. The molecule has 0 radical (unpaired) electrons.